The fourth-order valence-corrected chi connectivity index (χ4v) is 2.41. The number of rotatable bonds is 2. The van der Waals surface area contributed by atoms with Crippen LogP contribution in [0, 0.1) is 0 Å². The molecule has 2 rings (SSSR count). The molecule has 4 N–H and O–H groups in total. The van der Waals surface area contributed by atoms with E-state index in [0.717, 1.165) is 15.8 Å². The molecule has 0 atom stereocenters. The second-order valence-corrected chi connectivity index (χ2v) is 4.12. The van der Waals surface area contributed by atoms with Crippen molar-refractivity contribution in [3.05, 3.63) is 23.1 Å². The number of anilines is 1. The largest absolute Gasteiger partial charge is 0.497 e. The molecule has 15 heavy (non-hydrogen) atoms. The Labute approximate surface area is 90.4 Å². The van der Waals surface area contributed by atoms with E-state index in [9.17, 15) is 4.79 Å². The molecule has 1 heterocycles. The van der Waals surface area contributed by atoms with Gasteiger partial charge in [-0.05, 0) is 18.2 Å². The van der Waals surface area contributed by atoms with Crippen LogP contribution in [0.5, 0.6) is 5.75 Å². The van der Waals surface area contributed by atoms with Crippen LogP contribution in [0.4, 0.5) is 5.69 Å². The van der Waals surface area contributed by atoms with E-state index in [0.29, 0.717) is 10.6 Å². The number of hydrogen-bond acceptors (Lipinski definition) is 4. The van der Waals surface area contributed by atoms with Crippen LogP contribution in [-0.4, -0.2) is 13.0 Å². The van der Waals surface area contributed by atoms with Crippen LogP contribution in [0.15, 0.2) is 18.2 Å². The highest BCUT2D eigenvalue weighted by Crippen LogP contribution is 2.35. The molecule has 0 aliphatic carbocycles. The monoisotopic (exact) mass is 222 g/mol. The second kappa shape index (κ2) is 3.43. The molecule has 1 amide bonds. The first-order valence-electron chi connectivity index (χ1n) is 4.29. The molecular formula is C10H10N2O2S. The minimum absolute atomic E-state index is 0.401. The van der Waals surface area contributed by atoms with Crippen LogP contribution < -0.4 is 16.2 Å². The molecule has 0 saturated carbocycles. The van der Waals surface area contributed by atoms with E-state index in [1.54, 1.807) is 13.2 Å². The molecule has 4 nitrogen and oxygen atoms in total. The van der Waals surface area contributed by atoms with Crippen molar-refractivity contribution in [2.45, 2.75) is 0 Å². The number of carbonyl (C=O) groups excluding carboxylic acids is 1. The molecule has 1 aromatic carbocycles. The van der Waals surface area contributed by atoms with Gasteiger partial charge in [0.05, 0.1) is 12.8 Å². The van der Waals surface area contributed by atoms with Crippen molar-refractivity contribution in [2.24, 2.45) is 5.73 Å². The first-order valence-corrected chi connectivity index (χ1v) is 5.11. The zero-order valence-corrected chi connectivity index (χ0v) is 8.93. The maximum absolute atomic E-state index is 11.1. The molecule has 5 heteroatoms. The van der Waals surface area contributed by atoms with Gasteiger partial charge in [-0.25, -0.2) is 0 Å². The van der Waals surface area contributed by atoms with Gasteiger partial charge in [-0.2, -0.15) is 0 Å². The Morgan fingerprint density at radius 1 is 1.47 bits per heavy atom. The van der Waals surface area contributed by atoms with Gasteiger partial charge in [0.1, 0.15) is 10.6 Å². The lowest BCUT2D eigenvalue weighted by atomic mass is 10.2. The third-order valence-corrected chi connectivity index (χ3v) is 3.34. The second-order valence-electron chi connectivity index (χ2n) is 3.07. The Morgan fingerprint density at radius 2 is 2.20 bits per heavy atom. The highest BCUT2D eigenvalue weighted by Gasteiger charge is 2.13. The molecule has 0 radical (unpaired) electrons. The quantitative estimate of drug-likeness (QED) is 0.809. The summed E-state index contributed by atoms with van der Waals surface area (Å²) in [6.07, 6.45) is 0. The number of methoxy groups -OCH3 is 1. The Balaban J connectivity index is 2.70. The Kier molecular flexibility index (Phi) is 2.24. The minimum atomic E-state index is -0.493. The SMILES string of the molecule is COc1ccc2c(N)c(C(N)=O)sc2c1. The van der Waals surface area contributed by atoms with Crippen molar-refractivity contribution in [1.29, 1.82) is 0 Å². The lowest BCUT2D eigenvalue weighted by molar-refractivity contribution is 0.100. The van der Waals surface area contributed by atoms with Crippen molar-refractivity contribution >= 4 is 33.0 Å². The molecule has 0 spiro atoms. The number of hydrogen-bond donors (Lipinski definition) is 2. The van der Waals surface area contributed by atoms with Crippen LogP contribution in [0.25, 0.3) is 10.1 Å². The first-order chi connectivity index (χ1) is 7.13. The number of carbonyl (C=O) groups is 1. The van der Waals surface area contributed by atoms with Crippen molar-refractivity contribution in [3.63, 3.8) is 0 Å². The van der Waals surface area contributed by atoms with E-state index in [4.69, 9.17) is 16.2 Å². The third-order valence-electron chi connectivity index (χ3n) is 2.16. The summed E-state index contributed by atoms with van der Waals surface area (Å²) >= 11 is 1.28. The average molecular weight is 222 g/mol. The average Bonchev–Trinajstić information content (AvgIpc) is 2.55. The van der Waals surface area contributed by atoms with Crippen LogP contribution >= 0.6 is 11.3 Å². The van der Waals surface area contributed by atoms with E-state index in [1.165, 1.54) is 11.3 Å². The van der Waals surface area contributed by atoms with E-state index in [2.05, 4.69) is 0 Å². The fourth-order valence-electron chi connectivity index (χ4n) is 1.41. The van der Waals surface area contributed by atoms with Gasteiger partial charge in [0.2, 0.25) is 0 Å². The third kappa shape index (κ3) is 1.50. The van der Waals surface area contributed by atoms with E-state index >= 15 is 0 Å². The van der Waals surface area contributed by atoms with E-state index < -0.39 is 5.91 Å². The predicted molar refractivity (Wildman–Crippen MR) is 61.3 cm³/mol. The number of primary amides is 1. The van der Waals surface area contributed by atoms with E-state index in [-0.39, 0.29) is 0 Å². The summed E-state index contributed by atoms with van der Waals surface area (Å²) in [5.74, 6) is 0.243. The van der Waals surface area contributed by atoms with Crippen molar-refractivity contribution in [3.8, 4) is 5.75 Å². The fraction of sp³-hybridized carbons (Fsp3) is 0.100. The summed E-state index contributed by atoms with van der Waals surface area (Å²) in [5, 5.41) is 0.842. The number of benzene rings is 1. The first kappa shape index (κ1) is 9.79. The highest BCUT2D eigenvalue weighted by atomic mass is 32.1. The van der Waals surface area contributed by atoms with Gasteiger partial charge in [0.25, 0.3) is 5.91 Å². The molecule has 2 aromatic rings. The van der Waals surface area contributed by atoms with E-state index in [1.807, 2.05) is 12.1 Å². The number of ether oxygens (including phenoxy) is 1. The van der Waals surface area contributed by atoms with Crippen LogP contribution in [0.3, 0.4) is 0 Å². The smallest absolute Gasteiger partial charge is 0.260 e. The summed E-state index contributed by atoms with van der Waals surface area (Å²) in [7, 11) is 1.59. The zero-order valence-electron chi connectivity index (χ0n) is 8.11. The normalized spacial score (nSPS) is 10.5. The molecule has 0 unspecified atom stereocenters. The Hall–Kier alpha value is -1.75. The minimum Gasteiger partial charge on any atom is -0.497 e. The van der Waals surface area contributed by atoms with Crippen LogP contribution in [0.1, 0.15) is 9.67 Å². The summed E-state index contributed by atoms with van der Waals surface area (Å²) in [6, 6.07) is 5.46. The topological polar surface area (TPSA) is 78.3 Å². The lowest BCUT2D eigenvalue weighted by Crippen LogP contribution is -2.10. The Bertz CT molecular complexity index is 533. The van der Waals surface area contributed by atoms with Crippen molar-refractivity contribution in [2.75, 3.05) is 12.8 Å². The molecule has 0 fully saturated rings. The number of thiophene rings is 1. The number of nitrogens with two attached hydrogens (primary N) is 2. The van der Waals surface area contributed by atoms with Crippen molar-refractivity contribution in [1.82, 2.24) is 0 Å². The maximum atomic E-state index is 11.1. The molecule has 78 valence electrons. The summed E-state index contributed by atoms with van der Waals surface area (Å²) in [5.41, 5.74) is 11.5. The van der Waals surface area contributed by atoms with Gasteiger partial charge in [-0.3, -0.25) is 4.79 Å². The summed E-state index contributed by atoms with van der Waals surface area (Å²) in [6.45, 7) is 0. The van der Waals surface area contributed by atoms with Gasteiger partial charge >= 0.3 is 0 Å². The summed E-state index contributed by atoms with van der Waals surface area (Å²) in [4.78, 5) is 11.5. The maximum Gasteiger partial charge on any atom is 0.260 e. The van der Waals surface area contributed by atoms with Gasteiger partial charge in [-0.1, -0.05) is 0 Å². The van der Waals surface area contributed by atoms with Gasteiger partial charge < -0.3 is 16.2 Å². The molecule has 0 bridgehead atoms. The highest BCUT2D eigenvalue weighted by molar-refractivity contribution is 7.21. The van der Waals surface area contributed by atoms with Crippen molar-refractivity contribution < 1.29 is 9.53 Å². The molecular weight excluding hydrogens is 212 g/mol. The molecule has 0 saturated heterocycles. The molecule has 0 aliphatic rings. The van der Waals surface area contributed by atoms with Gasteiger partial charge in [-0.15, -0.1) is 11.3 Å². The number of amides is 1. The number of nitrogen functional groups attached to an aromatic ring is 1. The molecule has 1 aromatic heterocycles. The van der Waals surface area contributed by atoms with Gasteiger partial charge in [0, 0.05) is 10.1 Å². The zero-order chi connectivity index (χ0) is 11.0. The lowest BCUT2D eigenvalue weighted by Gasteiger charge is -1.98. The number of fused-ring (bicyclic) bond motifs is 1. The molecule has 0 aliphatic heterocycles. The standard InChI is InChI=1S/C10H10N2O2S/c1-14-5-2-3-6-7(4-5)15-9(8(6)11)10(12)13/h2-4H,11H2,1H3,(H2,12,13). The predicted octanol–water partition coefficient (Wildman–Crippen LogP) is 1.59. The van der Waals surface area contributed by atoms with Crippen LogP contribution in [-0.2, 0) is 0 Å². The van der Waals surface area contributed by atoms with Crippen LogP contribution in [0.2, 0.25) is 0 Å². The van der Waals surface area contributed by atoms with Gasteiger partial charge in [0.15, 0.2) is 0 Å². The Morgan fingerprint density at radius 3 is 2.80 bits per heavy atom. The summed E-state index contributed by atoms with van der Waals surface area (Å²) < 4.78 is 5.98.